The van der Waals surface area contributed by atoms with Crippen molar-refractivity contribution in [1.82, 2.24) is 9.97 Å². The third-order valence-electron chi connectivity index (χ3n) is 4.04. The van der Waals surface area contributed by atoms with Crippen LogP contribution in [0.2, 0.25) is 0 Å². The Balaban J connectivity index is 1.52. The molecule has 0 aromatic carbocycles. The summed E-state index contributed by atoms with van der Waals surface area (Å²) >= 11 is 1.72. The molecule has 0 amide bonds. The minimum atomic E-state index is 0.223. The molecule has 0 atom stereocenters. The Kier molecular flexibility index (Phi) is 6.32. The zero-order chi connectivity index (χ0) is 16.6. The Labute approximate surface area is 147 Å². The van der Waals surface area contributed by atoms with Gasteiger partial charge in [0.2, 0.25) is 0 Å². The van der Waals surface area contributed by atoms with E-state index in [4.69, 9.17) is 5.11 Å². The monoisotopic (exact) mass is 344 g/mol. The number of rotatable bonds is 8. The average molecular weight is 344 g/mol. The first kappa shape index (κ1) is 17.0. The molecule has 0 unspecified atom stereocenters. The fraction of sp³-hybridized carbons (Fsp3) is 0.444. The summed E-state index contributed by atoms with van der Waals surface area (Å²) in [7, 11) is 0. The van der Waals surface area contributed by atoms with E-state index in [1.807, 2.05) is 18.5 Å². The third kappa shape index (κ3) is 4.85. The Hall–Kier alpha value is -1.79. The van der Waals surface area contributed by atoms with Gasteiger partial charge in [0.15, 0.2) is 0 Å². The number of aromatic nitrogens is 2. The van der Waals surface area contributed by atoms with E-state index < -0.39 is 0 Å². The van der Waals surface area contributed by atoms with E-state index in [-0.39, 0.29) is 6.61 Å². The molecule has 5 nitrogen and oxygen atoms in total. The number of nitrogens with one attached hydrogen (secondary N) is 1. The van der Waals surface area contributed by atoms with Gasteiger partial charge < -0.3 is 15.3 Å². The van der Waals surface area contributed by atoms with Gasteiger partial charge >= 0.3 is 0 Å². The van der Waals surface area contributed by atoms with Crippen LogP contribution < -0.4 is 10.2 Å². The standard InChI is InChI=1S/C18H24N4OS/c23-9-10-24-14-15-5-6-19-17(11-15)20-12-16-3-4-18(21-13-16)22-7-1-2-8-22/h3-6,11,13,23H,1-2,7-10,12,14H2,(H,19,20). The minimum absolute atomic E-state index is 0.223. The zero-order valence-electron chi connectivity index (χ0n) is 13.8. The summed E-state index contributed by atoms with van der Waals surface area (Å²) < 4.78 is 0. The molecule has 2 aromatic rings. The van der Waals surface area contributed by atoms with E-state index in [0.717, 1.165) is 41.8 Å². The molecule has 0 spiro atoms. The Morgan fingerprint density at radius 1 is 1.12 bits per heavy atom. The van der Waals surface area contributed by atoms with Gasteiger partial charge in [-0.15, -0.1) is 0 Å². The third-order valence-corrected chi connectivity index (χ3v) is 5.05. The van der Waals surface area contributed by atoms with Crippen molar-refractivity contribution in [2.45, 2.75) is 25.1 Å². The van der Waals surface area contributed by atoms with E-state index in [1.54, 1.807) is 11.8 Å². The molecular weight excluding hydrogens is 320 g/mol. The maximum absolute atomic E-state index is 8.84. The lowest BCUT2D eigenvalue weighted by Crippen LogP contribution is -2.18. The number of hydrogen-bond donors (Lipinski definition) is 2. The molecule has 0 radical (unpaired) electrons. The number of anilines is 2. The lowest BCUT2D eigenvalue weighted by atomic mass is 10.2. The highest BCUT2D eigenvalue weighted by atomic mass is 32.2. The van der Waals surface area contributed by atoms with Gasteiger partial charge in [-0.1, -0.05) is 6.07 Å². The van der Waals surface area contributed by atoms with E-state index >= 15 is 0 Å². The van der Waals surface area contributed by atoms with E-state index in [9.17, 15) is 0 Å². The fourth-order valence-electron chi connectivity index (χ4n) is 2.76. The van der Waals surface area contributed by atoms with Crippen molar-refractivity contribution in [3.8, 4) is 0 Å². The number of thioether (sulfide) groups is 1. The Morgan fingerprint density at radius 2 is 2.00 bits per heavy atom. The molecule has 24 heavy (non-hydrogen) atoms. The van der Waals surface area contributed by atoms with Crippen LogP contribution in [0.1, 0.15) is 24.0 Å². The quantitative estimate of drug-likeness (QED) is 0.718. The van der Waals surface area contributed by atoms with Crippen LogP contribution in [0.3, 0.4) is 0 Å². The van der Waals surface area contributed by atoms with Crippen LogP contribution >= 0.6 is 11.8 Å². The van der Waals surface area contributed by atoms with Crippen molar-refractivity contribution in [3.05, 3.63) is 47.8 Å². The summed E-state index contributed by atoms with van der Waals surface area (Å²) in [6.07, 6.45) is 6.31. The van der Waals surface area contributed by atoms with Gasteiger partial charge in [-0.3, -0.25) is 0 Å². The van der Waals surface area contributed by atoms with Crippen LogP contribution in [0.5, 0.6) is 0 Å². The first-order valence-corrected chi connectivity index (χ1v) is 9.58. The molecule has 1 aliphatic heterocycles. The van der Waals surface area contributed by atoms with Crippen molar-refractivity contribution in [1.29, 1.82) is 0 Å². The Bertz CT molecular complexity index is 629. The highest BCUT2D eigenvalue weighted by molar-refractivity contribution is 7.98. The molecule has 1 aliphatic rings. The molecule has 0 aliphatic carbocycles. The predicted octanol–water partition coefficient (Wildman–Crippen LogP) is 2.91. The maximum atomic E-state index is 8.84. The second-order valence-corrected chi connectivity index (χ2v) is 7.00. The van der Waals surface area contributed by atoms with Gasteiger partial charge in [0.25, 0.3) is 0 Å². The van der Waals surface area contributed by atoms with E-state index in [1.165, 1.54) is 18.4 Å². The van der Waals surface area contributed by atoms with Crippen LogP contribution in [0.4, 0.5) is 11.6 Å². The molecule has 2 aromatic heterocycles. The van der Waals surface area contributed by atoms with Gasteiger partial charge in [-0.25, -0.2) is 9.97 Å². The minimum Gasteiger partial charge on any atom is -0.396 e. The zero-order valence-corrected chi connectivity index (χ0v) is 14.6. The molecule has 1 saturated heterocycles. The van der Waals surface area contributed by atoms with Crippen LogP contribution in [-0.4, -0.2) is 40.5 Å². The van der Waals surface area contributed by atoms with Crippen LogP contribution in [0.15, 0.2) is 36.7 Å². The van der Waals surface area contributed by atoms with Crippen molar-refractivity contribution in [2.24, 2.45) is 0 Å². The lowest BCUT2D eigenvalue weighted by molar-refractivity contribution is 0.322. The fourth-order valence-corrected chi connectivity index (χ4v) is 3.45. The summed E-state index contributed by atoms with van der Waals surface area (Å²) in [4.78, 5) is 11.3. The van der Waals surface area contributed by atoms with Crippen molar-refractivity contribution < 1.29 is 5.11 Å². The summed E-state index contributed by atoms with van der Waals surface area (Å²) in [5.41, 5.74) is 2.37. The number of hydrogen-bond acceptors (Lipinski definition) is 6. The van der Waals surface area contributed by atoms with Crippen molar-refractivity contribution >= 4 is 23.4 Å². The van der Waals surface area contributed by atoms with Gasteiger partial charge in [-0.05, 0) is 42.2 Å². The number of pyridine rings is 2. The number of aliphatic hydroxyl groups excluding tert-OH is 1. The van der Waals surface area contributed by atoms with E-state index in [2.05, 4.69) is 38.4 Å². The van der Waals surface area contributed by atoms with Gasteiger partial charge in [0.1, 0.15) is 11.6 Å². The summed E-state index contributed by atoms with van der Waals surface area (Å²) in [5, 5.41) is 12.2. The molecule has 3 heterocycles. The molecule has 6 heteroatoms. The largest absolute Gasteiger partial charge is 0.396 e. The first-order valence-electron chi connectivity index (χ1n) is 8.42. The van der Waals surface area contributed by atoms with E-state index in [0.29, 0.717) is 6.54 Å². The van der Waals surface area contributed by atoms with Crippen molar-refractivity contribution in [2.75, 3.05) is 35.7 Å². The molecule has 1 fully saturated rings. The SMILES string of the molecule is OCCSCc1ccnc(NCc2ccc(N3CCCC3)nc2)c1. The topological polar surface area (TPSA) is 61.3 Å². The van der Waals surface area contributed by atoms with Crippen LogP contribution in [0.25, 0.3) is 0 Å². The van der Waals surface area contributed by atoms with Crippen LogP contribution in [0, 0.1) is 0 Å². The van der Waals surface area contributed by atoms with Gasteiger partial charge in [0.05, 0.1) is 6.61 Å². The smallest absolute Gasteiger partial charge is 0.128 e. The molecular formula is C18H24N4OS. The molecule has 0 saturated carbocycles. The number of nitrogens with zero attached hydrogens (tertiary/aromatic N) is 3. The van der Waals surface area contributed by atoms with Gasteiger partial charge in [-0.2, -0.15) is 11.8 Å². The molecule has 128 valence electrons. The molecule has 2 N–H and O–H groups in total. The first-order chi connectivity index (χ1) is 11.8. The normalized spacial score (nSPS) is 14.1. The predicted molar refractivity (Wildman–Crippen MR) is 100 cm³/mol. The highest BCUT2D eigenvalue weighted by Crippen LogP contribution is 2.18. The molecule has 0 bridgehead atoms. The average Bonchev–Trinajstić information content (AvgIpc) is 3.16. The van der Waals surface area contributed by atoms with Gasteiger partial charge in [0, 0.05) is 43.5 Å². The summed E-state index contributed by atoms with van der Waals surface area (Å²) in [6.45, 7) is 3.18. The second-order valence-electron chi connectivity index (χ2n) is 5.90. The summed E-state index contributed by atoms with van der Waals surface area (Å²) in [6, 6.07) is 8.32. The van der Waals surface area contributed by atoms with Crippen LogP contribution in [-0.2, 0) is 12.3 Å². The maximum Gasteiger partial charge on any atom is 0.128 e. The van der Waals surface area contributed by atoms with Crippen molar-refractivity contribution in [3.63, 3.8) is 0 Å². The lowest BCUT2D eigenvalue weighted by Gasteiger charge is -2.16. The number of aliphatic hydroxyl groups is 1. The molecule has 3 rings (SSSR count). The second kappa shape index (κ2) is 8.89. The highest BCUT2D eigenvalue weighted by Gasteiger charge is 2.12. The Morgan fingerprint density at radius 3 is 2.75 bits per heavy atom. The summed E-state index contributed by atoms with van der Waals surface area (Å²) in [5.74, 6) is 3.61.